The number of carbonyl (C=O) groups excluding carboxylic acids is 1. The summed E-state index contributed by atoms with van der Waals surface area (Å²) in [4.78, 5) is 11.5. The molecule has 0 heterocycles. The highest BCUT2D eigenvalue weighted by molar-refractivity contribution is 5.75. The number of nitrogens with two attached hydrogens (primary N) is 1. The van der Waals surface area contributed by atoms with Crippen molar-refractivity contribution in [2.24, 2.45) is 5.73 Å². The second kappa shape index (κ2) is 9.53. The number of hydrogen-bond donors (Lipinski definition) is 2. The first kappa shape index (κ1) is 15.7. The van der Waals surface area contributed by atoms with Gasteiger partial charge in [-0.05, 0) is 25.3 Å². The summed E-state index contributed by atoms with van der Waals surface area (Å²) in [5.41, 5.74) is 7.83. The van der Waals surface area contributed by atoms with Gasteiger partial charge >= 0.3 is 0 Å². The van der Waals surface area contributed by atoms with Gasteiger partial charge in [0.2, 0.25) is 5.91 Å². The van der Waals surface area contributed by atoms with E-state index in [9.17, 15) is 4.79 Å². The first-order valence-corrected chi connectivity index (χ1v) is 6.82. The van der Waals surface area contributed by atoms with Crippen LogP contribution in [0.25, 0.3) is 0 Å². The van der Waals surface area contributed by atoms with E-state index in [2.05, 4.69) is 36.5 Å². The van der Waals surface area contributed by atoms with E-state index in [0.29, 0.717) is 32.7 Å². The van der Waals surface area contributed by atoms with E-state index in [-0.39, 0.29) is 5.91 Å². The molecular formula is C15H24N2O2. The monoisotopic (exact) mass is 264 g/mol. The highest BCUT2D eigenvalue weighted by Gasteiger charge is 2.01. The standard InChI is InChI=1S/C15H24N2O2/c1-13-5-7-14(8-6-13)3-2-4-15(18)17-10-12-19-11-9-16/h5-8H,2-4,9-12,16H2,1H3,(H,17,18). The number of rotatable bonds is 9. The Morgan fingerprint density at radius 1 is 1.26 bits per heavy atom. The summed E-state index contributed by atoms with van der Waals surface area (Å²) in [6.45, 7) is 4.22. The third-order valence-electron chi connectivity index (χ3n) is 2.82. The molecular weight excluding hydrogens is 240 g/mol. The summed E-state index contributed by atoms with van der Waals surface area (Å²) in [5.74, 6) is 0.0865. The van der Waals surface area contributed by atoms with Crippen molar-refractivity contribution >= 4 is 5.91 Å². The molecule has 4 heteroatoms. The highest BCUT2D eigenvalue weighted by atomic mass is 16.5. The molecule has 1 aromatic carbocycles. The van der Waals surface area contributed by atoms with E-state index in [0.717, 1.165) is 12.8 Å². The summed E-state index contributed by atoms with van der Waals surface area (Å²) >= 11 is 0. The van der Waals surface area contributed by atoms with Gasteiger partial charge in [-0.15, -0.1) is 0 Å². The van der Waals surface area contributed by atoms with Crippen molar-refractivity contribution in [2.45, 2.75) is 26.2 Å². The summed E-state index contributed by atoms with van der Waals surface area (Å²) in [6.07, 6.45) is 2.38. The molecule has 0 unspecified atom stereocenters. The number of benzene rings is 1. The van der Waals surface area contributed by atoms with Gasteiger partial charge in [0.1, 0.15) is 0 Å². The third kappa shape index (κ3) is 7.59. The topological polar surface area (TPSA) is 64.3 Å². The van der Waals surface area contributed by atoms with E-state index in [4.69, 9.17) is 10.5 Å². The van der Waals surface area contributed by atoms with Crippen molar-refractivity contribution in [1.82, 2.24) is 5.32 Å². The van der Waals surface area contributed by atoms with Gasteiger partial charge < -0.3 is 15.8 Å². The minimum Gasteiger partial charge on any atom is -0.378 e. The van der Waals surface area contributed by atoms with Crippen molar-refractivity contribution in [2.75, 3.05) is 26.3 Å². The molecule has 19 heavy (non-hydrogen) atoms. The maximum atomic E-state index is 11.5. The number of carbonyl (C=O) groups is 1. The Balaban J connectivity index is 2.05. The molecule has 0 saturated carbocycles. The molecule has 4 nitrogen and oxygen atoms in total. The summed E-state index contributed by atoms with van der Waals surface area (Å²) in [5, 5.41) is 2.83. The van der Waals surface area contributed by atoms with Gasteiger partial charge in [0.25, 0.3) is 0 Å². The fourth-order valence-corrected chi connectivity index (χ4v) is 1.74. The van der Waals surface area contributed by atoms with Crippen LogP contribution in [0.3, 0.4) is 0 Å². The quantitative estimate of drug-likeness (QED) is 0.663. The zero-order chi connectivity index (χ0) is 13.9. The van der Waals surface area contributed by atoms with Gasteiger partial charge in [-0.2, -0.15) is 0 Å². The molecule has 0 fully saturated rings. The normalized spacial score (nSPS) is 10.4. The largest absolute Gasteiger partial charge is 0.378 e. The van der Waals surface area contributed by atoms with Gasteiger partial charge in [-0.3, -0.25) is 4.79 Å². The van der Waals surface area contributed by atoms with Crippen LogP contribution in [0.4, 0.5) is 0 Å². The fraction of sp³-hybridized carbons (Fsp3) is 0.533. The second-order valence-corrected chi connectivity index (χ2v) is 4.59. The van der Waals surface area contributed by atoms with E-state index >= 15 is 0 Å². The molecule has 1 rings (SSSR count). The maximum Gasteiger partial charge on any atom is 0.220 e. The number of aryl methyl sites for hydroxylation is 2. The molecule has 0 aromatic heterocycles. The van der Waals surface area contributed by atoms with Crippen LogP contribution >= 0.6 is 0 Å². The lowest BCUT2D eigenvalue weighted by molar-refractivity contribution is -0.121. The number of amides is 1. The van der Waals surface area contributed by atoms with Gasteiger partial charge in [-0.25, -0.2) is 0 Å². The van der Waals surface area contributed by atoms with Crippen LogP contribution in [0, 0.1) is 6.92 Å². The summed E-state index contributed by atoms with van der Waals surface area (Å²) in [7, 11) is 0. The third-order valence-corrected chi connectivity index (χ3v) is 2.82. The number of ether oxygens (including phenoxy) is 1. The number of hydrogen-bond acceptors (Lipinski definition) is 3. The Hall–Kier alpha value is -1.39. The van der Waals surface area contributed by atoms with E-state index in [1.165, 1.54) is 11.1 Å². The maximum absolute atomic E-state index is 11.5. The molecule has 106 valence electrons. The van der Waals surface area contributed by atoms with Crippen molar-refractivity contribution in [3.05, 3.63) is 35.4 Å². The zero-order valence-electron chi connectivity index (χ0n) is 11.7. The first-order valence-electron chi connectivity index (χ1n) is 6.82. The van der Waals surface area contributed by atoms with Gasteiger partial charge in [0.05, 0.1) is 13.2 Å². The van der Waals surface area contributed by atoms with E-state index in [1.807, 2.05) is 0 Å². The Labute approximate surface area is 115 Å². The van der Waals surface area contributed by atoms with Gasteiger partial charge in [0.15, 0.2) is 0 Å². The minimum atomic E-state index is 0.0865. The molecule has 0 saturated heterocycles. The van der Waals surface area contributed by atoms with Crippen LogP contribution in [0.1, 0.15) is 24.0 Å². The molecule has 3 N–H and O–H groups in total. The Kier molecular flexibility index (Phi) is 7.86. The summed E-state index contributed by atoms with van der Waals surface area (Å²) < 4.78 is 5.18. The molecule has 0 aliphatic carbocycles. The molecule has 0 radical (unpaired) electrons. The Bertz CT molecular complexity index is 363. The van der Waals surface area contributed by atoms with Crippen LogP contribution in [0.5, 0.6) is 0 Å². The molecule has 0 aliphatic rings. The summed E-state index contributed by atoms with van der Waals surface area (Å²) in [6, 6.07) is 8.44. The predicted octanol–water partition coefficient (Wildman–Crippen LogP) is 1.41. The van der Waals surface area contributed by atoms with Crippen LogP contribution < -0.4 is 11.1 Å². The van der Waals surface area contributed by atoms with Crippen molar-refractivity contribution < 1.29 is 9.53 Å². The van der Waals surface area contributed by atoms with Crippen LogP contribution in [0.2, 0.25) is 0 Å². The van der Waals surface area contributed by atoms with Gasteiger partial charge in [0, 0.05) is 19.5 Å². The lowest BCUT2D eigenvalue weighted by Crippen LogP contribution is -2.27. The molecule has 1 aromatic rings. The molecule has 1 amide bonds. The molecule has 0 aliphatic heterocycles. The Morgan fingerprint density at radius 3 is 2.68 bits per heavy atom. The first-order chi connectivity index (χ1) is 9.22. The van der Waals surface area contributed by atoms with Crippen LogP contribution in [-0.2, 0) is 16.0 Å². The fourth-order valence-electron chi connectivity index (χ4n) is 1.74. The lowest BCUT2D eigenvalue weighted by Gasteiger charge is -2.06. The van der Waals surface area contributed by atoms with E-state index in [1.54, 1.807) is 0 Å². The number of nitrogens with one attached hydrogen (secondary N) is 1. The SMILES string of the molecule is Cc1ccc(CCCC(=O)NCCOCCN)cc1. The van der Waals surface area contributed by atoms with Gasteiger partial charge in [-0.1, -0.05) is 29.8 Å². The average Bonchev–Trinajstić information content (AvgIpc) is 2.41. The van der Waals surface area contributed by atoms with Crippen LogP contribution in [0.15, 0.2) is 24.3 Å². The minimum absolute atomic E-state index is 0.0865. The zero-order valence-corrected chi connectivity index (χ0v) is 11.7. The second-order valence-electron chi connectivity index (χ2n) is 4.59. The predicted molar refractivity (Wildman–Crippen MR) is 77.0 cm³/mol. The Morgan fingerprint density at radius 2 is 2.00 bits per heavy atom. The average molecular weight is 264 g/mol. The van der Waals surface area contributed by atoms with Crippen LogP contribution in [-0.4, -0.2) is 32.2 Å². The molecule has 0 atom stereocenters. The highest BCUT2D eigenvalue weighted by Crippen LogP contribution is 2.06. The lowest BCUT2D eigenvalue weighted by atomic mass is 10.1. The molecule has 0 bridgehead atoms. The molecule has 0 spiro atoms. The van der Waals surface area contributed by atoms with Crippen molar-refractivity contribution in [3.8, 4) is 0 Å². The van der Waals surface area contributed by atoms with Crippen molar-refractivity contribution in [3.63, 3.8) is 0 Å². The smallest absolute Gasteiger partial charge is 0.220 e. The van der Waals surface area contributed by atoms with E-state index < -0.39 is 0 Å². The van der Waals surface area contributed by atoms with Crippen molar-refractivity contribution in [1.29, 1.82) is 0 Å².